The molecule has 16 heavy (non-hydrogen) atoms. The molecule has 0 saturated heterocycles. The fourth-order valence-corrected chi connectivity index (χ4v) is 2.58. The summed E-state index contributed by atoms with van der Waals surface area (Å²) < 4.78 is 0. The van der Waals surface area contributed by atoms with Crippen LogP contribution in [-0.4, -0.2) is 21.4 Å². The van der Waals surface area contributed by atoms with E-state index in [1.807, 2.05) is 6.07 Å². The first-order valence-corrected chi connectivity index (χ1v) is 6.38. The molecule has 0 amide bonds. The van der Waals surface area contributed by atoms with Crippen molar-refractivity contribution in [2.45, 2.75) is 38.1 Å². The van der Waals surface area contributed by atoms with Crippen LogP contribution >= 0.6 is 11.6 Å². The van der Waals surface area contributed by atoms with Crippen molar-refractivity contribution in [3.8, 4) is 0 Å². The molecule has 1 saturated carbocycles. The van der Waals surface area contributed by atoms with E-state index < -0.39 is 0 Å². The summed E-state index contributed by atoms with van der Waals surface area (Å²) in [5.41, 5.74) is 0.0302. The first-order chi connectivity index (χ1) is 7.74. The van der Waals surface area contributed by atoms with Gasteiger partial charge in [0.1, 0.15) is 12.1 Å². The Morgan fingerprint density at radius 3 is 2.81 bits per heavy atom. The number of aromatic nitrogens is 2. The van der Waals surface area contributed by atoms with Gasteiger partial charge in [0, 0.05) is 12.1 Å². The topological polar surface area (TPSA) is 37.8 Å². The van der Waals surface area contributed by atoms with Crippen LogP contribution in [0.1, 0.15) is 32.6 Å². The summed E-state index contributed by atoms with van der Waals surface area (Å²) in [6.07, 6.45) is 8.05. The molecule has 0 aromatic carbocycles. The third-order valence-corrected chi connectivity index (χ3v) is 3.97. The molecule has 88 valence electrons. The van der Waals surface area contributed by atoms with Crippen molar-refractivity contribution < 1.29 is 0 Å². The van der Waals surface area contributed by atoms with E-state index in [4.69, 9.17) is 11.6 Å². The first kappa shape index (κ1) is 11.6. The summed E-state index contributed by atoms with van der Waals surface area (Å²) in [4.78, 5) is 8.12. The first-order valence-electron chi connectivity index (χ1n) is 5.84. The van der Waals surface area contributed by atoms with Crippen LogP contribution in [0.4, 0.5) is 5.82 Å². The number of nitrogens with one attached hydrogen (secondary N) is 1. The van der Waals surface area contributed by atoms with Crippen molar-refractivity contribution >= 4 is 17.4 Å². The van der Waals surface area contributed by atoms with Gasteiger partial charge in [-0.1, -0.05) is 6.92 Å². The molecular weight excluding hydrogens is 222 g/mol. The number of rotatable bonds is 3. The second-order valence-electron chi connectivity index (χ2n) is 4.82. The molecule has 0 radical (unpaired) electrons. The van der Waals surface area contributed by atoms with Crippen molar-refractivity contribution in [2.24, 2.45) is 5.92 Å². The van der Waals surface area contributed by atoms with Gasteiger partial charge in [-0.2, -0.15) is 0 Å². The molecule has 1 aliphatic rings. The molecule has 1 heterocycles. The van der Waals surface area contributed by atoms with Crippen molar-refractivity contribution in [2.75, 3.05) is 11.2 Å². The zero-order valence-electron chi connectivity index (χ0n) is 9.62. The molecule has 3 nitrogen and oxygen atoms in total. The monoisotopic (exact) mass is 239 g/mol. The molecule has 0 spiro atoms. The van der Waals surface area contributed by atoms with Gasteiger partial charge >= 0.3 is 0 Å². The van der Waals surface area contributed by atoms with Gasteiger partial charge in [0.05, 0.1) is 5.54 Å². The molecule has 0 atom stereocenters. The maximum absolute atomic E-state index is 6.13. The minimum Gasteiger partial charge on any atom is -0.363 e. The van der Waals surface area contributed by atoms with Crippen molar-refractivity contribution in [1.29, 1.82) is 0 Å². The lowest BCUT2D eigenvalue weighted by Crippen LogP contribution is -2.43. The minimum absolute atomic E-state index is 0.0302. The Bertz CT molecular complexity index is 320. The molecule has 1 aromatic rings. The van der Waals surface area contributed by atoms with E-state index >= 15 is 0 Å². The lowest BCUT2D eigenvalue weighted by Gasteiger charge is -2.39. The van der Waals surface area contributed by atoms with Gasteiger partial charge < -0.3 is 5.32 Å². The summed E-state index contributed by atoms with van der Waals surface area (Å²) in [6, 6.07) is 1.90. The van der Waals surface area contributed by atoms with Crippen LogP contribution in [0.25, 0.3) is 0 Å². The van der Waals surface area contributed by atoms with Crippen LogP contribution in [0, 0.1) is 5.92 Å². The zero-order chi connectivity index (χ0) is 11.4. The fourth-order valence-electron chi connectivity index (χ4n) is 2.24. The van der Waals surface area contributed by atoms with Crippen LogP contribution in [0.3, 0.4) is 0 Å². The van der Waals surface area contributed by atoms with Gasteiger partial charge in [-0.15, -0.1) is 11.6 Å². The highest BCUT2D eigenvalue weighted by molar-refractivity contribution is 6.18. The Kier molecular flexibility index (Phi) is 3.64. The molecule has 1 N–H and O–H groups in total. The van der Waals surface area contributed by atoms with Crippen molar-refractivity contribution in [3.63, 3.8) is 0 Å². The van der Waals surface area contributed by atoms with E-state index in [1.165, 1.54) is 12.8 Å². The number of nitrogens with zero attached hydrogens (tertiary/aromatic N) is 2. The smallest absolute Gasteiger partial charge is 0.129 e. The van der Waals surface area contributed by atoms with E-state index in [0.717, 1.165) is 24.6 Å². The van der Waals surface area contributed by atoms with Gasteiger partial charge in [0.15, 0.2) is 0 Å². The van der Waals surface area contributed by atoms with Crippen LogP contribution in [0.5, 0.6) is 0 Å². The van der Waals surface area contributed by atoms with Gasteiger partial charge in [-0.05, 0) is 37.7 Å². The molecule has 4 heteroatoms. The third-order valence-electron chi connectivity index (χ3n) is 3.46. The molecule has 2 rings (SSSR count). The molecule has 1 aliphatic carbocycles. The largest absolute Gasteiger partial charge is 0.363 e. The van der Waals surface area contributed by atoms with E-state index in [9.17, 15) is 0 Å². The maximum atomic E-state index is 6.13. The lowest BCUT2D eigenvalue weighted by atomic mass is 9.78. The molecule has 1 aromatic heterocycles. The normalized spacial score (nSPS) is 30.0. The number of hydrogen-bond donors (Lipinski definition) is 1. The third kappa shape index (κ3) is 2.64. The molecule has 0 unspecified atom stereocenters. The summed E-state index contributed by atoms with van der Waals surface area (Å²) in [6.45, 7) is 2.31. The quantitative estimate of drug-likeness (QED) is 0.824. The van der Waals surface area contributed by atoms with Gasteiger partial charge in [-0.25, -0.2) is 9.97 Å². The lowest BCUT2D eigenvalue weighted by molar-refractivity contribution is 0.286. The van der Waals surface area contributed by atoms with E-state index in [2.05, 4.69) is 22.2 Å². The van der Waals surface area contributed by atoms with E-state index in [1.54, 1.807) is 12.5 Å². The number of anilines is 1. The predicted molar refractivity (Wildman–Crippen MR) is 66.7 cm³/mol. The standard InChI is InChI=1S/C12H18ClN3/c1-10-2-5-12(8-13,6-3-10)16-11-4-7-14-9-15-11/h4,7,9-10H,2-3,5-6,8H2,1H3,(H,14,15,16). The average molecular weight is 240 g/mol. The van der Waals surface area contributed by atoms with Crippen LogP contribution in [-0.2, 0) is 0 Å². The van der Waals surface area contributed by atoms with Crippen molar-refractivity contribution in [3.05, 3.63) is 18.6 Å². The second kappa shape index (κ2) is 5.00. The zero-order valence-corrected chi connectivity index (χ0v) is 10.4. The van der Waals surface area contributed by atoms with Gasteiger partial charge in [0.25, 0.3) is 0 Å². The van der Waals surface area contributed by atoms with Crippen LogP contribution < -0.4 is 5.32 Å². The molecule has 1 fully saturated rings. The fraction of sp³-hybridized carbons (Fsp3) is 0.667. The Morgan fingerprint density at radius 1 is 1.50 bits per heavy atom. The van der Waals surface area contributed by atoms with Gasteiger partial charge in [0.2, 0.25) is 0 Å². The average Bonchev–Trinajstić information content (AvgIpc) is 2.34. The molecule has 0 bridgehead atoms. The van der Waals surface area contributed by atoms with Crippen LogP contribution in [0.15, 0.2) is 18.6 Å². The van der Waals surface area contributed by atoms with Gasteiger partial charge in [-0.3, -0.25) is 0 Å². The summed E-state index contributed by atoms with van der Waals surface area (Å²) >= 11 is 6.13. The van der Waals surface area contributed by atoms with Crippen LogP contribution in [0.2, 0.25) is 0 Å². The predicted octanol–water partition coefficient (Wildman–Crippen LogP) is 3.08. The molecular formula is C12H18ClN3. The Morgan fingerprint density at radius 2 is 2.25 bits per heavy atom. The highest BCUT2D eigenvalue weighted by Crippen LogP contribution is 2.34. The molecule has 0 aliphatic heterocycles. The number of hydrogen-bond acceptors (Lipinski definition) is 3. The number of alkyl halides is 1. The Balaban J connectivity index is 2.05. The maximum Gasteiger partial charge on any atom is 0.129 e. The van der Waals surface area contributed by atoms with E-state index in [0.29, 0.717) is 5.88 Å². The Labute approximate surface area is 102 Å². The summed E-state index contributed by atoms with van der Waals surface area (Å²) in [5, 5.41) is 3.48. The SMILES string of the molecule is CC1CCC(CCl)(Nc2ccncn2)CC1. The highest BCUT2D eigenvalue weighted by atomic mass is 35.5. The second-order valence-corrected chi connectivity index (χ2v) is 5.08. The number of halogens is 1. The van der Waals surface area contributed by atoms with E-state index in [-0.39, 0.29) is 5.54 Å². The summed E-state index contributed by atoms with van der Waals surface area (Å²) in [5.74, 6) is 2.35. The minimum atomic E-state index is 0.0302. The summed E-state index contributed by atoms with van der Waals surface area (Å²) in [7, 11) is 0. The highest BCUT2D eigenvalue weighted by Gasteiger charge is 2.33. The Hall–Kier alpha value is -0.830. The van der Waals surface area contributed by atoms with Crippen molar-refractivity contribution in [1.82, 2.24) is 9.97 Å².